The van der Waals surface area contributed by atoms with Crippen molar-refractivity contribution in [1.29, 1.82) is 0 Å². The minimum absolute atomic E-state index is 0.160. The third kappa shape index (κ3) is 1.39. The number of H-pyrrole nitrogens is 1. The van der Waals surface area contributed by atoms with E-state index in [-0.39, 0.29) is 11.8 Å². The Morgan fingerprint density at radius 2 is 2.31 bits per heavy atom. The zero-order valence-electron chi connectivity index (χ0n) is 8.40. The Morgan fingerprint density at radius 1 is 1.50 bits per heavy atom. The molecule has 1 fully saturated rings. The van der Waals surface area contributed by atoms with E-state index in [0.717, 1.165) is 22.9 Å². The molecule has 1 aliphatic carbocycles. The predicted molar refractivity (Wildman–Crippen MR) is 61.8 cm³/mol. The summed E-state index contributed by atoms with van der Waals surface area (Å²) in [6.45, 7) is 0. The first-order chi connectivity index (χ1) is 7.66. The average Bonchev–Trinajstić information content (AvgIpc) is 2.93. The molecule has 0 amide bonds. The summed E-state index contributed by atoms with van der Waals surface area (Å²) in [5, 5.41) is 10.7. The molecule has 4 heteroatoms. The fraction of sp³-hybridized carbons (Fsp3) is 0.250. The maximum absolute atomic E-state index is 10.8. The van der Waals surface area contributed by atoms with Crippen molar-refractivity contribution in [2.24, 2.45) is 5.92 Å². The number of aliphatic carboxylic acids is 1. The molecule has 2 aromatic rings. The predicted octanol–water partition coefficient (Wildman–Crippen LogP) is 3.01. The van der Waals surface area contributed by atoms with Crippen molar-refractivity contribution in [1.82, 2.24) is 4.98 Å². The fourth-order valence-corrected chi connectivity index (χ4v) is 2.41. The number of benzene rings is 1. The van der Waals surface area contributed by atoms with Gasteiger partial charge in [-0.3, -0.25) is 4.79 Å². The molecule has 1 heterocycles. The van der Waals surface area contributed by atoms with E-state index >= 15 is 0 Å². The van der Waals surface area contributed by atoms with Gasteiger partial charge >= 0.3 is 5.97 Å². The maximum atomic E-state index is 10.8. The van der Waals surface area contributed by atoms with Gasteiger partial charge in [-0.2, -0.15) is 0 Å². The van der Waals surface area contributed by atoms with E-state index in [9.17, 15) is 4.79 Å². The number of hydrogen-bond acceptors (Lipinski definition) is 1. The van der Waals surface area contributed by atoms with E-state index in [0.29, 0.717) is 5.02 Å². The lowest BCUT2D eigenvalue weighted by Crippen LogP contribution is -1.98. The fourth-order valence-electron chi connectivity index (χ4n) is 2.24. The Morgan fingerprint density at radius 3 is 3.00 bits per heavy atom. The van der Waals surface area contributed by atoms with E-state index in [1.54, 1.807) is 0 Å². The van der Waals surface area contributed by atoms with E-state index in [1.165, 1.54) is 0 Å². The van der Waals surface area contributed by atoms with Crippen molar-refractivity contribution in [3.63, 3.8) is 0 Å². The van der Waals surface area contributed by atoms with Crippen LogP contribution in [0.1, 0.15) is 17.9 Å². The molecule has 0 saturated heterocycles. The minimum Gasteiger partial charge on any atom is -0.481 e. The second-order valence-corrected chi connectivity index (χ2v) is 4.66. The van der Waals surface area contributed by atoms with Crippen LogP contribution in [0.2, 0.25) is 5.02 Å². The lowest BCUT2D eigenvalue weighted by molar-refractivity contribution is -0.138. The quantitative estimate of drug-likeness (QED) is 0.841. The van der Waals surface area contributed by atoms with Crippen molar-refractivity contribution in [3.05, 3.63) is 35.0 Å². The van der Waals surface area contributed by atoms with E-state index in [2.05, 4.69) is 4.98 Å². The molecule has 1 aromatic heterocycles. The minimum atomic E-state index is -0.701. The van der Waals surface area contributed by atoms with Gasteiger partial charge in [-0.15, -0.1) is 0 Å². The molecule has 3 rings (SSSR count). The van der Waals surface area contributed by atoms with Crippen molar-refractivity contribution < 1.29 is 9.90 Å². The number of fused-ring (bicyclic) bond motifs is 1. The number of hydrogen-bond donors (Lipinski definition) is 2. The van der Waals surface area contributed by atoms with Crippen LogP contribution < -0.4 is 0 Å². The highest BCUT2D eigenvalue weighted by molar-refractivity contribution is 6.31. The molecule has 0 radical (unpaired) electrons. The highest BCUT2D eigenvalue weighted by Crippen LogP contribution is 2.49. The van der Waals surface area contributed by atoms with Gasteiger partial charge < -0.3 is 10.1 Å². The summed E-state index contributed by atoms with van der Waals surface area (Å²) in [5.41, 5.74) is 2.07. The van der Waals surface area contributed by atoms with Crippen molar-refractivity contribution in [2.45, 2.75) is 12.3 Å². The number of aromatic amines is 1. The normalized spacial score (nSPS) is 23.6. The molecule has 0 aliphatic heterocycles. The van der Waals surface area contributed by atoms with Crippen LogP contribution in [-0.2, 0) is 4.79 Å². The zero-order valence-corrected chi connectivity index (χ0v) is 9.16. The molecule has 1 saturated carbocycles. The molecule has 82 valence electrons. The molecule has 3 nitrogen and oxygen atoms in total. The molecule has 2 atom stereocenters. The molecule has 16 heavy (non-hydrogen) atoms. The second-order valence-electron chi connectivity index (χ2n) is 4.22. The summed E-state index contributed by atoms with van der Waals surface area (Å²) >= 11 is 5.89. The second kappa shape index (κ2) is 3.25. The summed E-state index contributed by atoms with van der Waals surface area (Å²) in [4.78, 5) is 14.0. The van der Waals surface area contributed by atoms with Gasteiger partial charge in [-0.25, -0.2) is 0 Å². The Kier molecular flexibility index (Phi) is 1.98. The molecule has 0 spiro atoms. The zero-order chi connectivity index (χ0) is 11.3. The Labute approximate surface area is 97.0 Å². The van der Waals surface area contributed by atoms with E-state index in [1.807, 2.05) is 24.4 Å². The molecule has 2 N–H and O–H groups in total. The van der Waals surface area contributed by atoms with Crippen LogP contribution >= 0.6 is 11.6 Å². The highest BCUT2D eigenvalue weighted by atomic mass is 35.5. The number of aromatic nitrogens is 1. The average molecular weight is 236 g/mol. The summed E-state index contributed by atoms with van der Waals surface area (Å²) in [5.74, 6) is -0.754. The van der Waals surface area contributed by atoms with E-state index in [4.69, 9.17) is 16.7 Å². The largest absolute Gasteiger partial charge is 0.481 e. The smallest absolute Gasteiger partial charge is 0.307 e. The van der Waals surface area contributed by atoms with Crippen LogP contribution in [0.4, 0.5) is 0 Å². The van der Waals surface area contributed by atoms with E-state index < -0.39 is 5.97 Å². The van der Waals surface area contributed by atoms with Crippen LogP contribution in [0.5, 0.6) is 0 Å². The molecule has 0 unspecified atom stereocenters. The first-order valence-corrected chi connectivity index (χ1v) is 5.54. The Hall–Kier alpha value is -1.48. The van der Waals surface area contributed by atoms with Gasteiger partial charge in [0.25, 0.3) is 0 Å². The first-order valence-electron chi connectivity index (χ1n) is 5.16. The lowest BCUT2D eigenvalue weighted by atomic mass is 10.1. The summed E-state index contributed by atoms with van der Waals surface area (Å²) in [6.07, 6.45) is 2.64. The third-order valence-corrected chi connectivity index (χ3v) is 3.42. The summed E-state index contributed by atoms with van der Waals surface area (Å²) in [6, 6.07) is 5.64. The number of carboxylic acids is 1. The summed E-state index contributed by atoms with van der Waals surface area (Å²) < 4.78 is 0. The standard InChI is InChI=1S/C12H10ClNO2/c13-6-1-2-7-10(5-14-11(7)3-6)8-4-9(8)12(15)16/h1-3,5,8-9,14H,4H2,(H,15,16)/t8-,9-/m1/s1. The Bertz CT molecular complexity index is 575. The van der Waals surface area contributed by atoms with Gasteiger partial charge in [0.05, 0.1) is 5.92 Å². The number of nitrogens with one attached hydrogen (secondary N) is 1. The van der Waals surface area contributed by atoms with Crippen LogP contribution in [0.25, 0.3) is 10.9 Å². The van der Waals surface area contributed by atoms with Crippen LogP contribution in [0.3, 0.4) is 0 Å². The van der Waals surface area contributed by atoms with Crippen molar-refractivity contribution in [3.8, 4) is 0 Å². The van der Waals surface area contributed by atoms with Gasteiger partial charge in [0.2, 0.25) is 0 Å². The van der Waals surface area contributed by atoms with Crippen LogP contribution in [0, 0.1) is 5.92 Å². The van der Waals surface area contributed by atoms with Gasteiger partial charge in [-0.05, 0) is 24.1 Å². The number of carbonyl (C=O) groups is 1. The Balaban J connectivity index is 2.03. The van der Waals surface area contributed by atoms with Crippen LogP contribution in [-0.4, -0.2) is 16.1 Å². The SMILES string of the molecule is O=C(O)[C@@H]1C[C@H]1c1c[nH]c2cc(Cl)ccc12. The van der Waals surface area contributed by atoms with Gasteiger partial charge in [0.15, 0.2) is 0 Å². The number of carboxylic acid groups (broad SMARTS) is 1. The van der Waals surface area contributed by atoms with Crippen LogP contribution in [0.15, 0.2) is 24.4 Å². The molecular weight excluding hydrogens is 226 g/mol. The molecule has 0 bridgehead atoms. The summed E-state index contributed by atoms with van der Waals surface area (Å²) in [7, 11) is 0. The number of rotatable bonds is 2. The first kappa shape index (κ1) is 9.73. The van der Waals surface area contributed by atoms with Crippen molar-refractivity contribution in [2.75, 3.05) is 0 Å². The van der Waals surface area contributed by atoms with Gasteiger partial charge in [-0.1, -0.05) is 17.7 Å². The van der Waals surface area contributed by atoms with Gasteiger partial charge in [0.1, 0.15) is 0 Å². The van der Waals surface area contributed by atoms with Gasteiger partial charge in [0, 0.05) is 28.0 Å². The highest BCUT2D eigenvalue weighted by Gasteiger charge is 2.45. The lowest BCUT2D eigenvalue weighted by Gasteiger charge is -1.96. The molecular formula is C12H10ClNO2. The third-order valence-electron chi connectivity index (χ3n) is 3.18. The monoisotopic (exact) mass is 235 g/mol. The topological polar surface area (TPSA) is 53.1 Å². The van der Waals surface area contributed by atoms with Crippen molar-refractivity contribution >= 4 is 28.5 Å². The maximum Gasteiger partial charge on any atom is 0.307 e. The molecule has 1 aromatic carbocycles. The molecule has 1 aliphatic rings. The number of halogens is 1.